The maximum atomic E-state index is 9.58. The van der Waals surface area contributed by atoms with Crippen molar-refractivity contribution in [2.24, 2.45) is 0 Å². The highest BCUT2D eigenvalue weighted by Crippen LogP contribution is 2.25. The van der Waals surface area contributed by atoms with Gasteiger partial charge in [-0.15, -0.1) is 0 Å². The number of aliphatic hydroxyl groups excluding tert-OH is 2. The third-order valence-electron chi connectivity index (χ3n) is 5.70. The molecule has 0 saturated carbocycles. The Bertz CT molecular complexity index is 1040. The predicted octanol–water partition coefficient (Wildman–Crippen LogP) is 2.32. The van der Waals surface area contributed by atoms with E-state index in [9.17, 15) is 5.11 Å². The van der Waals surface area contributed by atoms with Crippen molar-refractivity contribution in [2.75, 3.05) is 32.7 Å². The zero-order chi connectivity index (χ0) is 21.6. The molecular weight excluding hydrogens is 392 g/mol. The first-order chi connectivity index (χ1) is 15.1. The molecule has 2 aliphatic heterocycles. The van der Waals surface area contributed by atoms with E-state index in [4.69, 9.17) is 14.8 Å². The van der Waals surface area contributed by atoms with Crippen LogP contribution in [-0.2, 0) is 6.42 Å². The number of hydrogen-bond donors (Lipinski definition) is 3. The third-order valence-corrected chi connectivity index (χ3v) is 5.70. The molecule has 2 fully saturated rings. The van der Waals surface area contributed by atoms with E-state index in [1.807, 2.05) is 42.5 Å². The highest BCUT2D eigenvalue weighted by molar-refractivity contribution is 5.80. The second-order valence-corrected chi connectivity index (χ2v) is 8.12. The first kappa shape index (κ1) is 21.5. The van der Waals surface area contributed by atoms with Gasteiger partial charge < -0.3 is 24.8 Å². The Labute approximate surface area is 181 Å². The van der Waals surface area contributed by atoms with Crippen LogP contribution in [0.1, 0.15) is 24.3 Å². The molecule has 0 radical (unpaired) electrons. The summed E-state index contributed by atoms with van der Waals surface area (Å²) in [5.41, 5.74) is 4.39. The number of aromatic nitrogens is 1. The number of benzene rings is 2. The van der Waals surface area contributed by atoms with Crippen LogP contribution in [-0.4, -0.2) is 65.0 Å². The van der Waals surface area contributed by atoms with Crippen molar-refractivity contribution in [1.82, 2.24) is 15.2 Å². The van der Waals surface area contributed by atoms with Crippen LogP contribution in [0.3, 0.4) is 0 Å². The van der Waals surface area contributed by atoms with E-state index in [2.05, 4.69) is 21.3 Å². The lowest BCUT2D eigenvalue weighted by molar-refractivity contribution is 0.176. The molecule has 7 nitrogen and oxygen atoms in total. The van der Waals surface area contributed by atoms with Crippen molar-refractivity contribution in [1.29, 1.82) is 5.26 Å². The number of oxazole rings is 1. The van der Waals surface area contributed by atoms with Crippen LogP contribution >= 0.6 is 0 Å². The third kappa shape index (κ3) is 5.69. The Balaban J connectivity index is 0.000000334. The molecule has 2 aromatic carbocycles. The standard InChI is InChI=1S/C20H19N3O2.C4H9NO/c21-12-14-1-3-15(4-2-14)16-5-6-19-18(11-16)22-20(25-19)8-10-23-9-7-17(24)13-23;6-4-1-2-5-3-4/h1-6,11,17,24H,7-10,13H2;4-6H,1-3H2/t17-;4-/m11/s1. The fourth-order valence-electron chi connectivity index (χ4n) is 3.91. The van der Waals surface area contributed by atoms with Crippen molar-refractivity contribution in [2.45, 2.75) is 31.5 Å². The zero-order valence-corrected chi connectivity index (χ0v) is 17.5. The summed E-state index contributed by atoms with van der Waals surface area (Å²) in [4.78, 5) is 6.84. The molecule has 0 bridgehead atoms. The van der Waals surface area contributed by atoms with Crippen LogP contribution in [0.2, 0.25) is 0 Å². The summed E-state index contributed by atoms with van der Waals surface area (Å²) < 4.78 is 5.84. The number of hydrogen-bond acceptors (Lipinski definition) is 7. The van der Waals surface area contributed by atoms with Crippen LogP contribution in [0.4, 0.5) is 0 Å². The average Bonchev–Trinajstić information content (AvgIpc) is 3.53. The molecule has 31 heavy (non-hydrogen) atoms. The van der Waals surface area contributed by atoms with Gasteiger partial charge in [0.1, 0.15) is 5.52 Å². The molecule has 7 heteroatoms. The fourth-order valence-corrected chi connectivity index (χ4v) is 3.91. The fraction of sp³-hybridized carbons (Fsp3) is 0.417. The van der Waals surface area contributed by atoms with Crippen LogP contribution < -0.4 is 5.32 Å². The summed E-state index contributed by atoms with van der Waals surface area (Å²) in [5, 5.41) is 30.2. The molecule has 2 aliphatic rings. The highest BCUT2D eigenvalue weighted by Gasteiger charge is 2.20. The number of nitrogens with one attached hydrogen (secondary N) is 1. The maximum absolute atomic E-state index is 9.58. The molecule has 0 aliphatic carbocycles. The summed E-state index contributed by atoms with van der Waals surface area (Å²) in [6.45, 7) is 4.31. The summed E-state index contributed by atoms with van der Waals surface area (Å²) in [5.74, 6) is 0.730. The number of nitriles is 1. The Morgan fingerprint density at radius 1 is 1.10 bits per heavy atom. The highest BCUT2D eigenvalue weighted by atomic mass is 16.3. The minimum Gasteiger partial charge on any atom is -0.441 e. The first-order valence-corrected chi connectivity index (χ1v) is 10.8. The molecule has 3 N–H and O–H groups in total. The monoisotopic (exact) mass is 420 g/mol. The lowest BCUT2D eigenvalue weighted by Gasteiger charge is -2.12. The largest absolute Gasteiger partial charge is 0.441 e. The normalized spacial score (nSPS) is 21.1. The lowest BCUT2D eigenvalue weighted by atomic mass is 10.0. The second kappa shape index (κ2) is 10.0. The van der Waals surface area contributed by atoms with E-state index in [-0.39, 0.29) is 12.2 Å². The van der Waals surface area contributed by atoms with Gasteiger partial charge in [-0.1, -0.05) is 18.2 Å². The number of nitrogens with zero attached hydrogens (tertiary/aromatic N) is 3. The molecular formula is C24H28N4O3. The quantitative estimate of drug-likeness (QED) is 0.595. The van der Waals surface area contributed by atoms with E-state index < -0.39 is 0 Å². The van der Waals surface area contributed by atoms with E-state index in [1.54, 1.807) is 0 Å². The number of aliphatic hydroxyl groups is 2. The van der Waals surface area contributed by atoms with Gasteiger partial charge in [0, 0.05) is 32.6 Å². The smallest absolute Gasteiger partial charge is 0.196 e. The van der Waals surface area contributed by atoms with Gasteiger partial charge in [-0.05, 0) is 54.8 Å². The lowest BCUT2D eigenvalue weighted by Crippen LogP contribution is -2.24. The Hall–Kier alpha value is -2.76. The molecule has 3 aromatic rings. The molecule has 3 heterocycles. The second-order valence-electron chi connectivity index (χ2n) is 8.12. The molecule has 0 spiro atoms. The van der Waals surface area contributed by atoms with Crippen molar-refractivity contribution in [3.8, 4) is 17.2 Å². The maximum Gasteiger partial charge on any atom is 0.196 e. The molecule has 2 atom stereocenters. The van der Waals surface area contributed by atoms with Gasteiger partial charge in [0.25, 0.3) is 0 Å². The molecule has 162 valence electrons. The first-order valence-electron chi connectivity index (χ1n) is 10.8. The molecule has 1 aromatic heterocycles. The van der Waals surface area contributed by atoms with Crippen LogP contribution in [0, 0.1) is 11.3 Å². The summed E-state index contributed by atoms with van der Waals surface area (Å²) >= 11 is 0. The van der Waals surface area contributed by atoms with Gasteiger partial charge in [-0.2, -0.15) is 5.26 Å². The average molecular weight is 421 g/mol. The number of fused-ring (bicyclic) bond motifs is 1. The van der Waals surface area contributed by atoms with Crippen LogP contribution in [0.5, 0.6) is 0 Å². The minimum absolute atomic E-state index is 0.0648. The van der Waals surface area contributed by atoms with Crippen molar-refractivity contribution >= 4 is 11.1 Å². The Morgan fingerprint density at radius 2 is 1.90 bits per heavy atom. The summed E-state index contributed by atoms with van der Waals surface area (Å²) in [7, 11) is 0. The molecule has 5 rings (SSSR count). The number of β-amino-alcohol motifs (C(OH)–C–C–N with tert-alkyl or cyclic N) is 2. The van der Waals surface area contributed by atoms with Gasteiger partial charge in [-0.25, -0.2) is 4.98 Å². The van der Waals surface area contributed by atoms with Gasteiger partial charge in [0.15, 0.2) is 11.5 Å². The SMILES string of the molecule is N#Cc1ccc(-c2ccc3oc(CCN4CC[C@@H](O)C4)nc3c2)cc1.O[C@@H]1CCNC1. The number of rotatable bonds is 4. The van der Waals surface area contributed by atoms with E-state index >= 15 is 0 Å². The molecule has 0 unspecified atom stereocenters. The van der Waals surface area contributed by atoms with Crippen LogP contribution in [0.25, 0.3) is 22.2 Å². The van der Waals surface area contributed by atoms with Crippen molar-refractivity contribution in [3.05, 3.63) is 53.9 Å². The minimum atomic E-state index is -0.196. The topological polar surface area (TPSA) is 106 Å². The molecule has 2 saturated heterocycles. The summed E-state index contributed by atoms with van der Waals surface area (Å²) in [6.07, 6.45) is 2.26. The van der Waals surface area contributed by atoms with E-state index in [1.165, 1.54) is 0 Å². The van der Waals surface area contributed by atoms with E-state index in [0.29, 0.717) is 5.56 Å². The van der Waals surface area contributed by atoms with Crippen molar-refractivity contribution in [3.63, 3.8) is 0 Å². The van der Waals surface area contributed by atoms with Gasteiger partial charge in [0.05, 0.1) is 23.8 Å². The summed E-state index contributed by atoms with van der Waals surface area (Å²) in [6, 6.07) is 15.6. The Kier molecular flexibility index (Phi) is 6.95. The molecule has 0 amide bonds. The van der Waals surface area contributed by atoms with Gasteiger partial charge in [0.2, 0.25) is 0 Å². The van der Waals surface area contributed by atoms with E-state index in [0.717, 1.165) is 80.1 Å². The van der Waals surface area contributed by atoms with Crippen LogP contribution in [0.15, 0.2) is 46.9 Å². The van der Waals surface area contributed by atoms with Gasteiger partial charge in [-0.3, -0.25) is 0 Å². The predicted molar refractivity (Wildman–Crippen MR) is 118 cm³/mol. The zero-order valence-electron chi connectivity index (χ0n) is 17.5. The van der Waals surface area contributed by atoms with Gasteiger partial charge >= 0.3 is 0 Å². The Morgan fingerprint density at radius 3 is 2.52 bits per heavy atom. The van der Waals surface area contributed by atoms with Crippen molar-refractivity contribution < 1.29 is 14.6 Å². The number of likely N-dealkylation sites (tertiary alicyclic amines) is 1.